The summed E-state index contributed by atoms with van der Waals surface area (Å²) in [6.45, 7) is 4.82. The molecule has 138 valence electrons. The molecule has 0 aromatic heterocycles. The SMILES string of the molecule is CC(C)(OCc1ccc([N+](=O)[O-])cc1)C(O)C(N)C(=O)N1CCCC1. The predicted octanol–water partition coefficient (Wildman–Crippen LogP) is 1.20. The fraction of sp³-hybridized carbons (Fsp3) is 0.588. The second-order valence-electron chi connectivity index (χ2n) is 6.82. The number of likely N-dealkylation sites (tertiary alicyclic amines) is 1. The zero-order chi connectivity index (χ0) is 18.6. The lowest BCUT2D eigenvalue weighted by molar-refractivity contribution is -0.384. The third-order valence-electron chi connectivity index (χ3n) is 4.51. The first-order chi connectivity index (χ1) is 11.7. The number of hydrogen-bond acceptors (Lipinski definition) is 6. The van der Waals surface area contributed by atoms with Crippen molar-refractivity contribution in [2.24, 2.45) is 5.73 Å². The number of aliphatic hydroxyl groups excluding tert-OH is 1. The van der Waals surface area contributed by atoms with E-state index in [1.165, 1.54) is 12.1 Å². The molecule has 1 fully saturated rings. The Balaban J connectivity index is 1.94. The molecule has 2 atom stereocenters. The van der Waals surface area contributed by atoms with Gasteiger partial charge in [0.15, 0.2) is 0 Å². The van der Waals surface area contributed by atoms with Crippen molar-refractivity contribution >= 4 is 11.6 Å². The molecule has 0 radical (unpaired) electrons. The van der Waals surface area contributed by atoms with Crippen LogP contribution in [0.3, 0.4) is 0 Å². The molecule has 1 aromatic carbocycles. The Bertz CT molecular complexity index is 611. The van der Waals surface area contributed by atoms with E-state index in [0.29, 0.717) is 13.1 Å². The lowest BCUT2D eigenvalue weighted by Gasteiger charge is -2.35. The monoisotopic (exact) mass is 351 g/mol. The number of rotatable bonds is 7. The Labute approximate surface area is 146 Å². The van der Waals surface area contributed by atoms with Crippen molar-refractivity contribution in [1.82, 2.24) is 4.90 Å². The number of non-ortho nitro benzene ring substituents is 1. The van der Waals surface area contributed by atoms with E-state index >= 15 is 0 Å². The normalized spacial score (nSPS) is 17.4. The Morgan fingerprint density at radius 1 is 1.36 bits per heavy atom. The number of nitro benzene ring substituents is 1. The van der Waals surface area contributed by atoms with E-state index in [0.717, 1.165) is 18.4 Å². The summed E-state index contributed by atoms with van der Waals surface area (Å²) in [5.41, 5.74) is 5.64. The van der Waals surface area contributed by atoms with Gasteiger partial charge in [-0.25, -0.2) is 0 Å². The van der Waals surface area contributed by atoms with Gasteiger partial charge in [0.25, 0.3) is 5.69 Å². The number of benzene rings is 1. The summed E-state index contributed by atoms with van der Waals surface area (Å²) in [6.07, 6.45) is 0.738. The molecule has 2 rings (SSSR count). The van der Waals surface area contributed by atoms with Gasteiger partial charge in [-0.1, -0.05) is 0 Å². The van der Waals surface area contributed by atoms with Gasteiger partial charge in [0, 0.05) is 25.2 Å². The molecule has 1 aliphatic heterocycles. The van der Waals surface area contributed by atoms with Crippen LogP contribution in [0, 0.1) is 10.1 Å². The number of nitrogens with two attached hydrogens (primary N) is 1. The van der Waals surface area contributed by atoms with Gasteiger partial charge in [-0.3, -0.25) is 14.9 Å². The van der Waals surface area contributed by atoms with Crippen LogP contribution >= 0.6 is 0 Å². The van der Waals surface area contributed by atoms with Gasteiger partial charge in [-0.15, -0.1) is 0 Å². The van der Waals surface area contributed by atoms with Crippen molar-refractivity contribution < 1.29 is 19.6 Å². The zero-order valence-corrected chi connectivity index (χ0v) is 14.6. The first kappa shape index (κ1) is 19.3. The van der Waals surface area contributed by atoms with E-state index in [1.54, 1.807) is 30.9 Å². The molecule has 25 heavy (non-hydrogen) atoms. The summed E-state index contributed by atoms with van der Waals surface area (Å²) in [6, 6.07) is 4.92. The summed E-state index contributed by atoms with van der Waals surface area (Å²) in [5, 5.41) is 21.1. The van der Waals surface area contributed by atoms with Gasteiger partial charge >= 0.3 is 0 Å². The number of nitro groups is 1. The maximum atomic E-state index is 12.3. The van der Waals surface area contributed by atoms with E-state index < -0.39 is 22.7 Å². The Morgan fingerprint density at radius 2 is 1.92 bits per heavy atom. The van der Waals surface area contributed by atoms with Crippen molar-refractivity contribution in [1.29, 1.82) is 0 Å². The Morgan fingerprint density at radius 3 is 2.44 bits per heavy atom. The van der Waals surface area contributed by atoms with Crippen molar-refractivity contribution in [3.8, 4) is 0 Å². The lowest BCUT2D eigenvalue weighted by Crippen LogP contribution is -2.57. The highest BCUT2D eigenvalue weighted by molar-refractivity contribution is 5.82. The molecule has 8 heteroatoms. The molecular weight excluding hydrogens is 326 g/mol. The lowest BCUT2D eigenvalue weighted by atomic mass is 9.94. The van der Waals surface area contributed by atoms with Crippen LogP contribution in [0.4, 0.5) is 5.69 Å². The van der Waals surface area contributed by atoms with Crippen LogP contribution in [-0.4, -0.2) is 51.7 Å². The van der Waals surface area contributed by atoms with Gasteiger partial charge < -0.3 is 20.5 Å². The van der Waals surface area contributed by atoms with Gasteiger partial charge in [0.05, 0.1) is 17.1 Å². The minimum atomic E-state index is -1.17. The molecule has 8 nitrogen and oxygen atoms in total. The van der Waals surface area contributed by atoms with E-state index in [4.69, 9.17) is 10.5 Å². The van der Waals surface area contributed by atoms with Crippen LogP contribution in [0.1, 0.15) is 32.3 Å². The summed E-state index contributed by atoms with van der Waals surface area (Å²) >= 11 is 0. The summed E-state index contributed by atoms with van der Waals surface area (Å²) < 4.78 is 5.74. The van der Waals surface area contributed by atoms with Crippen LogP contribution in [-0.2, 0) is 16.1 Å². The standard InChI is InChI=1S/C17H25N3O5/c1-17(2,15(21)14(18)16(22)19-9-3-4-10-19)25-11-12-5-7-13(8-6-12)20(23)24/h5-8,14-15,21H,3-4,9-11,18H2,1-2H3. The van der Waals surface area contributed by atoms with Crippen LogP contribution < -0.4 is 5.73 Å². The number of hydrogen-bond donors (Lipinski definition) is 2. The van der Waals surface area contributed by atoms with Gasteiger partial charge in [0.1, 0.15) is 12.1 Å². The van der Waals surface area contributed by atoms with E-state index in [9.17, 15) is 20.0 Å². The number of carbonyl (C=O) groups excluding carboxylic acids is 1. The van der Waals surface area contributed by atoms with Gasteiger partial charge in [-0.05, 0) is 44.4 Å². The van der Waals surface area contributed by atoms with Gasteiger partial charge in [-0.2, -0.15) is 0 Å². The fourth-order valence-corrected chi connectivity index (χ4v) is 2.78. The fourth-order valence-electron chi connectivity index (χ4n) is 2.78. The molecule has 1 aliphatic rings. The quantitative estimate of drug-likeness (QED) is 0.563. The van der Waals surface area contributed by atoms with Crippen LogP contribution in [0.2, 0.25) is 0 Å². The topological polar surface area (TPSA) is 119 Å². The second-order valence-corrected chi connectivity index (χ2v) is 6.82. The van der Waals surface area contributed by atoms with Crippen molar-refractivity contribution in [3.05, 3.63) is 39.9 Å². The molecular formula is C17H25N3O5. The maximum absolute atomic E-state index is 12.3. The summed E-state index contributed by atoms with van der Waals surface area (Å²) in [5.74, 6) is -0.267. The van der Waals surface area contributed by atoms with Crippen LogP contribution in [0.25, 0.3) is 0 Å². The number of amides is 1. The van der Waals surface area contributed by atoms with Gasteiger partial charge in [0.2, 0.25) is 5.91 Å². The highest BCUT2D eigenvalue weighted by Crippen LogP contribution is 2.22. The summed E-state index contributed by atoms with van der Waals surface area (Å²) in [4.78, 5) is 24.2. The third-order valence-corrected chi connectivity index (χ3v) is 4.51. The molecule has 1 heterocycles. The van der Waals surface area contributed by atoms with Crippen molar-refractivity contribution in [2.75, 3.05) is 13.1 Å². The smallest absolute Gasteiger partial charge is 0.269 e. The third kappa shape index (κ3) is 4.75. The molecule has 1 saturated heterocycles. The minimum absolute atomic E-state index is 0.00118. The minimum Gasteiger partial charge on any atom is -0.388 e. The molecule has 3 N–H and O–H groups in total. The molecule has 0 aliphatic carbocycles. The molecule has 0 bridgehead atoms. The molecule has 1 aromatic rings. The average Bonchev–Trinajstić information content (AvgIpc) is 3.13. The van der Waals surface area contributed by atoms with E-state index in [2.05, 4.69) is 0 Å². The van der Waals surface area contributed by atoms with E-state index in [-0.39, 0.29) is 18.2 Å². The van der Waals surface area contributed by atoms with Crippen LogP contribution in [0.15, 0.2) is 24.3 Å². The predicted molar refractivity (Wildman–Crippen MR) is 91.8 cm³/mol. The maximum Gasteiger partial charge on any atom is 0.269 e. The Kier molecular flexibility index (Phi) is 6.10. The molecule has 0 spiro atoms. The zero-order valence-electron chi connectivity index (χ0n) is 14.6. The molecule has 0 saturated carbocycles. The highest BCUT2D eigenvalue weighted by atomic mass is 16.6. The first-order valence-corrected chi connectivity index (χ1v) is 8.32. The molecule has 2 unspecified atom stereocenters. The van der Waals surface area contributed by atoms with Crippen molar-refractivity contribution in [2.45, 2.75) is 51.0 Å². The number of carbonyl (C=O) groups is 1. The van der Waals surface area contributed by atoms with Crippen LogP contribution in [0.5, 0.6) is 0 Å². The molecule has 1 amide bonds. The van der Waals surface area contributed by atoms with E-state index in [1.807, 2.05) is 0 Å². The average molecular weight is 351 g/mol. The number of ether oxygens (including phenoxy) is 1. The number of aliphatic hydroxyl groups is 1. The largest absolute Gasteiger partial charge is 0.388 e. The van der Waals surface area contributed by atoms with Crippen molar-refractivity contribution in [3.63, 3.8) is 0 Å². The second kappa shape index (κ2) is 7.90. The highest BCUT2D eigenvalue weighted by Gasteiger charge is 2.39. The number of nitrogens with zero attached hydrogens (tertiary/aromatic N) is 2. The Hall–Kier alpha value is -2.03. The first-order valence-electron chi connectivity index (χ1n) is 8.32. The summed E-state index contributed by atoms with van der Waals surface area (Å²) in [7, 11) is 0.